The van der Waals surface area contributed by atoms with Gasteiger partial charge in [-0.05, 0) is 20.8 Å². The minimum atomic E-state index is -0.504. The van der Waals surface area contributed by atoms with Gasteiger partial charge < -0.3 is 5.73 Å². The van der Waals surface area contributed by atoms with E-state index in [0.29, 0.717) is 0 Å². The fourth-order valence-electron chi connectivity index (χ4n) is 1.33. The average molecular weight is 191 g/mol. The maximum absolute atomic E-state index is 5.95. The van der Waals surface area contributed by atoms with Crippen LogP contribution in [0.15, 0.2) is 12.4 Å². The number of nitrogens with zero attached hydrogens (tertiary/aromatic N) is 4. The molecule has 2 aromatic rings. The summed E-state index contributed by atoms with van der Waals surface area (Å²) in [5, 5.41) is 8.09. The van der Waals surface area contributed by atoms with Crippen molar-refractivity contribution in [1.29, 1.82) is 0 Å². The van der Waals surface area contributed by atoms with Gasteiger partial charge >= 0.3 is 0 Å². The first kappa shape index (κ1) is 9.08. The SMILES string of the molecule is Cc1cc2nnc(C(C)(C)N)n2cn1. The van der Waals surface area contributed by atoms with E-state index in [4.69, 9.17) is 5.73 Å². The summed E-state index contributed by atoms with van der Waals surface area (Å²) in [6.07, 6.45) is 1.70. The summed E-state index contributed by atoms with van der Waals surface area (Å²) in [7, 11) is 0. The highest BCUT2D eigenvalue weighted by Crippen LogP contribution is 2.15. The van der Waals surface area contributed by atoms with Gasteiger partial charge in [0.1, 0.15) is 6.33 Å². The first-order valence-corrected chi connectivity index (χ1v) is 4.45. The molecule has 5 nitrogen and oxygen atoms in total. The van der Waals surface area contributed by atoms with Crippen LogP contribution in [0.3, 0.4) is 0 Å². The minimum Gasteiger partial charge on any atom is -0.319 e. The standard InChI is InChI=1S/C9H13N5/c1-6-4-7-12-13-8(9(2,3)10)14(7)5-11-6/h4-5H,10H2,1-3H3. The molecule has 0 amide bonds. The van der Waals surface area contributed by atoms with Gasteiger partial charge in [-0.2, -0.15) is 0 Å². The van der Waals surface area contributed by atoms with Crippen LogP contribution in [-0.2, 0) is 5.54 Å². The summed E-state index contributed by atoms with van der Waals surface area (Å²) < 4.78 is 1.81. The zero-order chi connectivity index (χ0) is 10.3. The topological polar surface area (TPSA) is 69.1 Å². The molecule has 0 saturated carbocycles. The summed E-state index contributed by atoms with van der Waals surface area (Å²) in [5.74, 6) is 0.722. The molecule has 0 fully saturated rings. The summed E-state index contributed by atoms with van der Waals surface area (Å²) in [6, 6.07) is 1.88. The molecule has 0 aliphatic heterocycles. The van der Waals surface area contributed by atoms with Crippen molar-refractivity contribution < 1.29 is 0 Å². The third-order valence-corrected chi connectivity index (χ3v) is 2.01. The second-order valence-corrected chi connectivity index (χ2v) is 4.00. The number of rotatable bonds is 1. The average Bonchev–Trinajstić information content (AvgIpc) is 2.45. The van der Waals surface area contributed by atoms with Crippen molar-refractivity contribution in [2.45, 2.75) is 26.3 Å². The molecule has 0 spiro atoms. The lowest BCUT2D eigenvalue weighted by Gasteiger charge is -2.15. The lowest BCUT2D eigenvalue weighted by atomic mass is 10.1. The Morgan fingerprint density at radius 3 is 2.71 bits per heavy atom. The van der Waals surface area contributed by atoms with Gasteiger partial charge in [-0.1, -0.05) is 0 Å². The molecule has 0 radical (unpaired) electrons. The molecule has 0 aliphatic carbocycles. The van der Waals surface area contributed by atoms with Gasteiger partial charge in [-0.25, -0.2) is 4.98 Å². The number of hydrogen-bond acceptors (Lipinski definition) is 4. The van der Waals surface area contributed by atoms with Gasteiger partial charge in [0.15, 0.2) is 11.5 Å². The van der Waals surface area contributed by atoms with Crippen LogP contribution in [0.4, 0.5) is 0 Å². The van der Waals surface area contributed by atoms with Crippen LogP contribution < -0.4 is 5.73 Å². The van der Waals surface area contributed by atoms with E-state index in [-0.39, 0.29) is 0 Å². The monoisotopic (exact) mass is 191 g/mol. The van der Waals surface area contributed by atoms with Gasteiger partial charge in [0.2, 0.25) is 0 Å². The number of hydrogen-bond donors (Lipinski definition) is 1. The van der Waals surface area contributed by atoms with E-state index in [1.54, 1.807) is 6.33 Å². The number of aryl methyl sites for hydroxylation is 1. The Kier molecular flexibility index (Phi) is 1.78. The molecule has 0 unspecified atom stereocenters. The van der Waals surface area contributed by atoms with Crippen LogP contribution in [0, 0.1) is 6.92 Å². The van der Waals surface area contributed by atoms with Crippen LogP contribution >= 0.6 is 0 Å². The van der Waals surface area contributed by atoms with Crippen molar-refractivity contribution >= 4 is 5.65 Å². The molecule has 0 bridgehead atoms. The highest BCUT2D eigenvalue weighted by molar-refractivity contribution is 5.38. The number of nitrogens with two attached hydrogens (primary N) is 1. The van der Waals surface area contributed by atoms with E-state index in [1.165, 1.54) is 0 Å². The van der Waals surface area contributed by atoms with Crippen LogP contribution in [0.1, 0.15) is 25.4 Å². The highest BCUT2D eigenvalue weighted by atomic mass is 15.3. The molecular formula is C9H13N5. The van der Waals surface area contributed by atoms with Gasteiger partial charge in [0.05, 0.1) is 5.54 Å². The molecule has 2 rings (SSSR count). The minimum absolute atomic E-state index is 0.504. The Bertz CT molecular complexity index is 465. The molecule has 0 aromatic carbocycles. The predicted octanol–water partition coefficient (Wildman–Crippen LogP) is 0.627. The maximum Gasteiger partial charge on any atom is 0.163 e. The Labute approximate surface area is 82.0 Å². The first-order valence-electron chi connectivity index (χ1n) is 4.45. The highest BCUT2D eigenvalue weighted by Gasteiger charge is 2.21. The van der Waals surface area contributed by atoms with E-state index in [9.17, 15) is 0 Å². The van der Waals surface area contributed by atoms with Crippen molar-refractivity contribution in [2.24, 2.45) is 5.73 Å². The Balaban J connectivity index is 2.70. The molecule has 2 heterocycles. The predicted molar refractivity (Wildman–Crippen MR) is 52.7 cm³/mol. The summed E-state index contributed by atoms with van der Waals surface area (Å²) >= 11 is 0. The zero-order valence-corrected chi connectivity index (χ0v) is 8.52. The van der Waals surface area contributed by atoms with Crippen molar-refractivity contribution in [1.82, 2.24) is 19.6 Å². The third-order valence-electron chi connectivity index (χ3n) is 2.01. The van der Waals surface area contributed by atoms with E-state index >= 15 is 0 Å². The van der Waals surface area contributed by atoms with Crippen LogP contribution in [-0.4, -0.2) is 19.6 Å². The molecule has 14 heavy (non-hydrogen) atoms. The van der Waals surface area contributed by atoms with Gasteiger partial charge in [0, 0.05) is 11.8 Å². The molecular weight excluding hydrogens is 178 g/mol. The van der Waals surface area contributed by atoms with E-state index in [0.717, 1.165) is 17.2 Å². The quantitative estimate of drug-likeness (QED) is 0.717. The first-order chi connectivity index (χ1) is 6.48. The van der Waals surface area contributed by atoms with Crippen LogP contribution in [0.2, 0.25) is 0 Å². The fraction of sp³-hybridized carbons (Fsp3) is 0.444. The number of aromatic nitrogens is 4. The molecule has 2 aromatic heterocycles. The van der Waals surface area contributed by atoms with E-state index in [2.05, 4.69) is 15.2 Å². The summed E-state index contributed by atoms with van der Waals surface area (Å²) in [6.45, 7) is 5.70. The second-order valence-electron chi connectivity index (χ2n) is 4.00. The van der Waals surface area contributed by atoms with E-state index < -0.39 is 5.54 Å². The van der Waals surface area contributed by atoms with Crippen LogP contribution in [0.5, 0.6) is 0 Å². The number of fused-ring (bicyclic) bond motifs is 1. The second kappa shape index (κ2) is 2.75. The lowest BCUT2D eigenvalue weighted by Crippen LogP contribution is -2.31. The van der Waals surface area contributed by atoms with Gasteiger partial charge in [-0.15, -0.1) is 10.2 Å². The molecule has 0 saturated heterocycles. The smallest absolute Gasteiger partial charge is 0.163 e. The Hall–Kier alpha value is -1.49. The molecule has 0 atom stereocenters. The zero-order valence-electron chi connectivity index (χ0n) is 8.52. The molecule has 0 aliphatic rings. The van der Waals surface area contributed by atoms with Crippen molar-refractivity contribution in [3.8, 4) is 0 Å². The summed E-state index contributed by atoms with van der Waals surface area (Å²) in [5.41, 5.74) is 7.16. The normalized spacial score (nSPS) is 12.3. The molecule has 2 N–H and O–H groups in total. The van der Waals surface area contributed by atoms with Crippen LogP contribution in [0.25, 0.3) is 5.65 Å². The Morgan fingerprint density at radius 1 is 1.36 bits per heavy atom. The van der Waals surface area contributed by atoms with E-state index in [1.807, 2.05) is 31.2 Å². The largest absolute Gasteiger partial charge is 0.319 e. The molecule has 5 heteroatoms. The maximum atomic E-state index is 5.95. The van der Waals surface area contributed by atoms with Crippen molar-refractivity contribution in [3.05, 3.63) is 23.9 Å². The fourth-order valence-corrected chi connectivity index (χ4v) is 1.33. The van der Waals surface area contributed by atoms with Gasteiger partial charge in [0.25, 0.3) is 0 Å². The van der Waals surface area contributed by atoms with Crippen molar-refractivity contribution in [2.75, 3.05) is 0 Å². The lowest BCUT2D eigenvalue weighted by molar-refractivity contribution is 0.507. The summed E-state index contributed by atoms with van der Waals surface area (Å²) in [4.78, 5) is 4.18. The van der Waals surface area contributed by atoms with Gasteiger partial charge in [-0.3, -0.25) is 4.40 Å². The van der Waals surface area contributed by atoms with Crippen molar-refractivity contribution in [3.63, 3.8) is 0 Å². The third kappa shape index (κ3) is 1.35. The Morgan fingerprint density at radius 2 is 2.07 bits per heavy atom. The molecule has 74 valence electrons.